The molecule has 1 heterocycles. The number of carbonyl (C=O) groups is 2. The van der Waals surface area contributed by atoms with Crippen LogP contribution in [0.25, 0.3) is 0 Å². The van der Waals surface area contributed by atoms with E-state index in [1.165, 1.54) is 20.4 Å². The van der Waals surface area contributed by atoms with Crippen LogP contribution in [0, 0.1) is 0 Å². The van der Waals surface area contributed by atoms with Crippen LogP contribution >= 0.6 is 23.2 Å². The molecular formula is C32H34Cl2N4O8. The fourth-order valence-corrected chi connectivity index (χ4v) is 5.04. The van der Waals surface area contributed by atoms with Crippen LogP contribution in [-0.2, 0) is 16.1 Å². The van der Waals surface area contributed by atoms with Crippen molar-refractivity contribution in [3.8, 4) is 23.0 Å². The van der Waals surface area contributed by atoms with Crippen molar-refractivity contribution in [2.75, 3.05) is 27.4 Å². The van der Waals surface area contributed by atoms with Gasteiger partial charge in [-0.25, -0.2) is 9.59 Å². The largest absolute Gasteiger partial charge is 0.493 e. The summed E-state index contributed by atoms with van der Waals surface area (Å²) in [5.74, 6) is 0.877. The Morgan fingerprint density at radius 1 is 1.07 bits per heavy atom. The predicted octanol–water partition coefficient (Wildman–Crippen LogP) is 5.10. The Labute approximate surface area is 276 Å². The van der Waals surface area contributed by atoms with Gasteiger partial charge >= 0.3 is 12.0 Å². The number of nitrogens with zero attached hydrogens (tertiary/aromatic N) is 1. The summed E-state index contributed by atoms with van der Waals surface area (Å²) in [5.41, 5.74) is 5.27. The number of carbonyl (C=O) groups excluding carboxylic acids is 2. The highest BCUT2D eigenvalue weighted by Crippen LogP contribution is 2.37. The van der Waals surface area contributed by atoms with Crippen molar-refractivity contribution in [1.29, 1.82) is 0 Å². The van der Waals surface area contributed by atoms with E-state index in [-0.39, 0.29) is 18.8 Å². The Balaban J connectivity index is 1.39. The molecule has 4 N–H and O–H groups in total. The van der Waals surface area contributed by atoms with Crippen LogP contribution in [0.4, 0.5) is 4.79 Å². The summed E-state index contributed by atoms with van der Waals surface area (Å²) in [6.45, 7) is 3.79. The second kappa shape index (κ2) is 16.1. The maximum atomic E-state index is 12.5. The van der Waals surface area contributed by atoms with Crippen molar-refractivity contribution in [1.82, 2.24) is 16.1 Å². The third-order valence-corrected chi connectivity index (χ3v) is 7.15. The predicted molar refractivity (Wildman–Crippen MR) is 173 cm³/mol. The number of urea groups is 1. The lowest BCUT2D eigenvalue weighted by Gasteiger charge is -2.28. The number of allylic oxidation sites excluding steroid dienone is 1. The van der Waals surface area contributed by atoms with Gasteiger partial charge in [-0.2, -0.15) is 5.10 Å². The minimum atomic E-state index is -1.19. The quantitative estimate of drug-likeness (QED) is 0.0794. The number of hydrazone groups is 1. The fourth-order valence-electron chi connectivity index (χ4n) is 4.56. The van der Waals surface area contributed by atoms with Crippen LogP contribution in [0.2, 0.25) is 10.0 Å². The zero-order valence-corrected chi connectivity index (χ0v) is 27.1. The number of hydrogen-bond acceptors (Lipinski definition) is 10. The van der Waals surface area contributed by atoms with Gasteiger partial charge in [0.1, 0.15) is 13.2 Å². The molecule has 46 heavy (non-hydrogen) atoms. The van der Waals surface area contributed by atoms with E-state index in [4.69, 9.17) is 46.9 Å². The van der Waals surface area contributed by atoms with E-state index in [1.54, 1.807) is 56.3 Å². The molecule has 0 spiro atoms. The average Bonchev–Trinajstić information content (AvgIpc) is 3.03. The first kappa shape index (κ1) is 34.2. The normalized spacial score (nSPS) is 15.1. The van der Waals surface area contributed by atoms with Gasteiger partial charge in [-0.15, -0.1) is 0 Å². The van der Waals surface area contributed by atoms with E-state index in [1.807, 2.05) is 12.1 Å². The van der Waals surface area contributed by atoms with Crippen LogP contribution in [0.1, 0.15) is 36.6 Å². The number of aliphatic hydroxyl groups excluding tert-OH is 1. The highest BCUT2D eigenvalue weighted by atomic mass is 35.5. The third-order valence-electron chi connectivity index (χ3n) is 6.63. The molecule has 0 unspecified atom stereocenters. The molecular weight excluding hydrogens is 639 g/mol. The first-order chi connectivity index (χ1) is 22.1. The second-order valence-electron chi connectivity index (χ2n) is 9.87. The van der Waals surface area contributed by atoms with Gasteiger partial charge in [0.2, 0.25) is 0 Å². The van der Waals surface area contributed by atoms with Gasteiger partial charge in [0.25, 0.3) is 0 Å². The molecule has 0 bridgehead atoms. The SMILES string of the molecule is CCOc1cc([C@@H]2NC(=O)NC(C)=C2C(=O)OC)ccc1OC[C@@H](O)N/N=C/c1cc(Cl)c(OCc2cccc(Cl)c2)c(OC)c1. The molecule has 0 aliphatic carbocycles. The second-order valence-corrected chi connectivity index (χ2v) is 10.7. The number of ether oxygens (including phenoxy) is 5. The molecule has 2 amide bonds. The molecule has 244 valence electrons. The van der Waals surface area contributed by atoms with E-state index in [0.717, 1.165) is 5.56 Å². The lowest BCUT2D eigenvalue weighted by Crippen LogP contribution is -2.45. The molecule has 1 aliphatic heterocycles. The van der Waals surface area contributed by atoms with Crippen LogP contribution < -0.4 is 35.0 Å². The Morgan fingerprint density at radius 2 is 1.87 bits per heavy atom. The van der Waals surface area contributed by atoms with Crippen molar-refractivity contribution in [3.63, 3.8) is 0 Å². The fraction of sp³-hybridized carbons (Fsp3) is 0.281. The highest BCUT2D eigenvalue weighted by molar-refractivity contribution is 6.32. The van der Waals surface area contributed by atoms with Crippen LogP contribution in [0.15, 0.2) is 71.0 Å². The molecule has 12 nitrogen and oxygen atoms in total. The van der Waals surface area contributed by atoms with Gasteiger partial charge in [-0.3, -0.25) is 5.43 Å². The van der Waals surface area contributed by atoms with Crippen molar-refractivity contribution in [2.45, 2.75) is 32.7 Å². The molecule has 0 radical (unpaired) electrons. The van der Waals surface area contributed by atoms with Gasteiger partial charge in [0.15, 0.2) is 29.2 Å². The molecule has 0 fully saturated rings. The number of benzene rings is 3. The van der Waals surface area contributed by atoms with E-state index >= 15 is 0 Å². The summed E-state index contributed by atoms with van der Waals surface area (Å²) in [7, 11) is 2.77. The van der Waals surface area contributed by atoms with Crippen molar-refractivity contribution >= 4 is 41.4 Å². The van der Waals surface area contributed by atoms with Gasteiger partial charge in [0.05, 0.1) is 43.7 Å². The number of esters is 1. The molecule has 0 saturated carbocycles. The van der Waals surface area contributed by atoms with Gasteiger partial charge < -0.3 is 39.4 Å². The van der Waals surface area contributed by atoms with Crippen molar-refractivity contribution in [3.05, 3.63) is 92.6 Å². The van der Waals surface area contributed by atoms with E-state index in [2.05, 4.69) is 21.2 Å². The summed E-state index contributed by atoms with van der Waals surface area (Å²) in [6, 6.07) is 14.4. The van der Waals surface area contributed by atoms with Gasteiger partial charge in [0, 0.05) is 10.7 Å². The van der Waals surface area contributed by atoms with E-state index < -0.39 is 24.3 Å². The number of methoxy groups -OCH3 is 2. The highest BCUT2D eigenvalue weighted by Gasteiger charge is 2.32. The number of amides is 2. The maximum absolute atomic E-state index is 12.5. The molecule has 1 aliphatic rings. The summed E-state index contributed by atoms with van der Waals surface area (Å²) in [6.07, 6.45) is 0.267. The smallest absolute Gasteiger partial charge is 0.337 e. The first-order valence-electron chi connectivity index (χ1n) is 14.1. The third kappa shape index (κ3) is 8.75. The molecule has 0 aromatic heterocycles. The lowest BCUT2D eigenvalue weighted by atomic mass is 9.95. The zero-order valence-electron chi connectivity index (χ0n) is 25.6. The number of rotatable bonds is 14. The summed E-state index contributed by atoms with van der Waals surface area (Å²) in [4.78, 5) is 24.6. The van der Waals surface area contributed by atoms with Crippen molar-refractivity contribution < 1.29 is 38.4 Å². The number of hydrogen-bond donors (Lipinski definition) is 4. The van der Waals surface area contributed by atoms with E-state index in [0.29, 0.717) is 56.5 Å². The first-order valence-corrected chi connectivity index (χ1v) is 14.9. The number of halogens is 2. The molecule has 3 aromatic rings. The van der Waals surface area contributed by atoms with Crippen LogP contribution in [0.3, 0.4) is 0 Å². The Kier molecular flexibility index (Phi) is 12.0. The topological polar surface area (TPSA) is 149 Å². The standard InChI is InChI=1S/C32H34Cl2N4O8/c1-5-44-25-14-21(29-28(31(40)43-4)18(2)36-32(41)37-29)9-10-24(25)45-17-27(39)38-35-15-20-12-23(34)30(26(13-20)42-3)46-16-19-7-6-8-22(33)11-19/h6-15,27,29,38-39H,5,16-17H2,1-4H3,(H2,36,37,41)/b35-15+/t27-,29+/m1/s1. The molecule has 0 saturated heterocycles. The summed E-state index contributed by atoms with van der Waals surface area (Å²) < 4.78 is 27.8. The summed E-state index contributed by atoms with van der Waals surface area (Å²) >= 11 is 12.5. The van der Waals surface area contributed by atoms with Crippen LogP contribution in [-0.4, -0.2) is 57.0 Å². The zero-order chi connectivity index (χ0) is 33.2. The Morgan fingerprint density at radius 3 is 2.59 bits per heavy atom. The molecule has 4 rings (SSSR count). The van der Waals surface area contributed by atoms with Crippen LogP contribution in [0.5, 0.6) is 23.0 Å². The number of aliphatic hydroxyl groups is 1. The van der Waals surface area contributed by atoms with Gasteiger partial charge in [-0.1, -0.05) is 41.4 Å². The lowest BCUT2D eigenvalue weighted by molar-refractivity contribution is -0.136. The Hall–Kier alpha value is -4.65. The van der Waals surface area contributed by atoms with Crippen molar-refractivity contribution in [2.24, 2.45) is 5.10 Å². The average molecular weight is 674 g/mol. The minimum Gasteiger partial charge on any atom is -0.493 e. The van der Waals surface area contributed by atoms with Gasteiger partial charge in [-0.05, 0) is 66.9 Å². The monoisotopic (exact) mass is 672 g/mol. The molecule has 3 aromatic carbocycles. The maximum Gasteiger partial charge on any atom is 0.337 e. The number of nitrogens with one attached hydrogen (secondary N) is 3. The minimum absolute atomic E-state index is 0.187. The van der Waals surface area contributed by atoms with E-state index in [9.17, 15) is 14.7 Å². The molecule has 14 heteroatoms. The molecule has 2 atom stereocenters. The summed E-state index contributed by atoms with van der Waals surface area (Å²) in [5, 5.41) is 20.8. The Bertz CT molecular complexity index is 1630.